The monoisotopic (exact) mass is 380 g/mol. The Morgan fingerprint density at radius 2 is 2.22 bits per heavy atom. The summed E-state index contributed by atoms with van der Waals surface area (Å²) in [5, 5.41) is 5.18. The van der Waals surface area contributed by atoms with E-state index < -0.39 is 0 Å². The molecule has 1 aliphatic rings. The number of rotatable bonds is 4. The van der Waals surface area contributed by atoms with Crippen LogP contribution in [-0.4, -0.2) is 41.0 Å². The van der Waals surface area contributed by atoms with E-state index in [1.807, 2.05) is 30.5 Å². The molecule has 1 aromatic carbocycles. The van der Waals surface area contributed by atoms with Gasteiger partial charge in [0.25, 0.3) is 5.19 Å². The van der Waals surface area contributed by atoms with Crippen LogP contribution in [-0.2, 0) is 6.54 Å². The smallest absolute Gasteiger partial charge is 0.281 e. The van der Waals surface area contributed by atoms with Crippen LogP contribution in [0.25, 0.3) is 21.3 Å². The van der Waals surface area contributed by atoms with Crippen LogP contribution < -0.4 is 10.1 Å². The van der Waals surface area contributed by atoms with E-state index in [4.69, 9.17) is 9.15 Å². The highest BCUT2D eigenvalue weighted by molar-refractivity contribution is 7.20. The van der Waals surface area contributed by atoms with E-state index in [0.29, 0.717) is 10.8 Å². The van der Waals surface area contributed by atoms with Crippen molar-refractivity contribution in [3.8, 4) is 10.9 Å². The Morgan fingerprint density at radius 3 is 3.19 bits per heavy atom. The summed E-state index contributed by atoms with van der Waals surface area (Å²) in [6.45, 7) is 5.25. The number of fused-ring (bicyclic) bond motifs is 2. The molecule has 0 atom stereocenters. The van der Waals surface area contributed by atoms with Gasteiger partial charge in [0.1, 0.15) is 11.3 Å². The van der Waals surface area contributed by atoms with E-state index in [2.05, 4.69) is 26.3 Å². The maximum atomic E-state index is 5.94. The number of pyridine rings is 1. The number of nitrogens with zero attached hydrogens (tertiary/aromatic N) is 3. The molecule has 4 heterocycles. The highest BCUT2D eigenvalue weighted by Crippen LogP contribution is 2.33. The van der Waals surface area contributed by atoms with Crippen molar-refractivity contribution in [2.75, 3.05) is 26.2 Å². The molecule has 7 heteroatoms. The Labute approximate surface area is 160 Å². The van der Waals surface area contributed by atoms with Crippen LogP contribution in [0.15, 0.2) is 47.2 Å². The third kappa shape index (κ3) is 3.53. The first-order valence-electron chi connectivity index (χ1n) is 9.18. The number of aromatic nitrogens is 2. The highest BCUT2D eigenvalue weighted by atomic mass is 32.1. The quantitative estimate of drug-likeness (QED) is 0.577. The number of ether oxygens (including phenoxy) is 1. The molecule has 1 N–H and O–H groups in total. The number of hydrogen-bond acceptors (Lipinski definition) is 7. The third-order valence-electron chi connectivity index (χ3n) is 4.80. The van der Waals surface area contributed by atoms with Gasteiger partial charge < -0.3 is 14.5 Å². The third-order valence-corrected chi connectivity index (χ3v) is 5.69. The number of nitrogens with one attached hydrogen (secondary N) is 1. The second kappa shape index (κ2) is 7.26. The SMILES string of the molecule is c1cnc2nc(Oc3ccc4c(CN5CCCNCC5)coc4c3)sc2c1. The number of thiazole rings is 1. The maximum absolute atomic E-state index is 5.94. The van der Waals surface area contributed by atoms with Crippen LogP contribution >= 0.6 is 11.3 Å². The fourth-order valence-electron chi connectivity index (χ4n) is 3.44. The summed E-state index contributed by atoms with van der Waals surface area (Å²) in [5.74, 6) is 0.724. The Hall–Kier alpha value is -2.48. The van der Waals surface area contributed by atoms with Gasteiger partial charge in [0.15, 0.2) is 5.65 Å². The Kier molecular flexibility index (Phi) is 4.49. The Morgan fingerprint density at radius 1 is 1.22 bits per heavy atom. The summed E-state index contributed by atoms with van der Waals surface area (Å²) in [6, 6.07) is 9.88. The molecule has 6 nitrogen and oxygen atoms in total. The molecule has 0 spiro atoms. The van der Waals surface area contributed by atoms with Crippen LogP contribution in [0.4, 0.5) is 0 Å². The van der Waals surface area contributed by atoms with Gasteiger partial charge in [0.2, 0.25) is 0 Å². The van der Waals surface area contributed by atoms with Crippen molar-refractivity contribution >= 4 is 32.7 Å². The first-order chi connectivity index (χ1) is 13.3. The topological polar surface area (TPSA) is 63.4 Å². The predicted octanol–water partition coefficient (Wildman–Crippen LogP) is 4.03. The van der Waals surface area contributed by atoms with Gasteiger partial charge in [-0.15, -0.1) is 0 Å². The molecule has 138 valence electrons. The number of hydrogen-bond donors (Lipinski definition) is 1. The zero-order chi connectivity index (χ0) is 18.1. The van der Waals surface area contributed by atoms with Crippen molar-refractivity contribution in [2.24, 2.45) is 0 Å². The van der Waals surface area contributed by atoms with Gasteiger partial charge >= 0.3 is 0 Å². The number of benzene rings is 1. The molecular weight excluding hydrogens is 360 g/mol. The fourth-order valence-corrected chi connectivity index (χ4v) is 4.24. The second-order valence-corrected chi connectivity index (χ2v) is 7.70. The molecule has 1 aliphatic heterocycles. The van der Waals surface area contributed by atoms with Crippen LogP contribution in [0.1, 0.15) is 12.0 Å². The first kappa shape index (κ1) is 16.7. The summed E-state index contributed by atoms with van der Waals surface area (Å²) >= 11 is 1.49. The lowest BCUT2D eigenvalue weighted by molar-refractivity contribution is 0.284. The van der Waals surface area contributed by atoms with Crippen molar-refractivity contribution in [3.05, 3.63) is 48.4 Å². The zero-order valence-corrected chi connectivity index (χ0v) is 15.7. The van der Waals surface area contributed by atoms with E-state index in [1.54, 1.807) is 6.20 Å². The lowest BCUT2D eigenvalue weighted by atomic mass is 10.1. The van der Waals surface area contributed by atoms with Crippen LogP contribution in [0.3, 0.4) is 0 Å². The fraction of sp³-hybridized carbons (Fsp3) is 0.300. The second-order valence-electron chi connectivity index (χ2n) is 6.71. The Balaban J connectivity index is 1.36. The molecular formula is C20H20N4O2S. The summed E-state index contributed by atoms with van der Waals surface area (Å²) in [6.07, 6.45) is 4.79. The van der Waals surface area contributed by atoms with Crippen LogP contribution in [0, 0.1) is 0 Å². The molecule has 4 aromatic rings. The molecule has 0 aliphatic carbocycles. The van der Waals surface area contributed by atoms with Gasteiger partial charge in [-0.1, -0.05) is 11.3 Å². The van der Waals surface area contributed by atoms with Crippen molar-refractivity contribution in [2.45, 2.75) is 13.0 Å². The van der Waals surface area contributed by atoms with Crippen LogP contribution in [0.2, 0.25) is 0 Å². The summed E-state index contributed by atoms with van der Waals surface area (Å²) < 4.78 is 12.8. The lowest BCUT2D eigenvalue weighted by Crippen LogP contribution is -2.27. The van der Waals surface area contributed by atoms with Gasteiger partial charge in [-0.05, 0) is 43.8 Å². The minimum atomic E-state index is 0.590. The van der Waals surface area contributed by atoms with Crippen molar-refractivity contribution < 1.29 is 9.15 Å². The standard InChI is InChI=1S/C20H20N4O2S/c1-3-18-19(22-7-1)23-20(27-18)26-15-4-5-16-14(13-25-17(16)11-15)12-24-9-2-6-21-8-10-24/h1,3-5,7,11,13,21H,2,6,8-10,12H2. The molecule has 5 rings (SSSR count). The molecule has 1 fully saturated rings. The van der Waals surface area contributed by atoms with Gasteiger partial charge in [0.05, 0.1) is 11.0 Å². The van der Waals surface area contributed by atoms with Crippen molar-refractivity contribution in [1.82, 2.24) is 20.2 Å². The maximum Gasteiger partial charge on any atom is 0.281 e. The molecule has 1 saturated heterocycles. The number of furan rings is 1. The van der Waals surface area contributed by atoms with Crippen LogP contribution in [0.5, 0.6) is 10.9 Å². The van der Waals surface area contributed by atoms with E-state index in [-0.39, 0.29) is 0 Å². The van der Waals surface area contributed by atoms with E-state index in [9.17, 15) is 0 Å². The van der Waals surface area contributed by atoms with Gasteiger partial charge in [0, 0.05) is 42.8 Å². The van der Waals surface area contributed by atoms with E-state index >= 15 is 0 Å². The van der Waals surface area contributed by atoms with Crippen molar-refractivity contribution in [3.63, 3.8) is 0 Å². The predicted molar refractivity (Wildman–Crippen MR) is 106 cm³/mol. The molecule has 0 saturated carbocycles. The molecule has 0 amide bonds. The van der Waals surface area contributed by atoms with Gasteiger partial charge in [-0.25, -0.2) is 4.98 Å². The molecule has 0 bridgehead atoms. The summed E-state index contributed by atoms with van der Waals surface area (Å²) in [4.78, 5) is 11.1. The minimum absolute atomic E-state index is 0.590. The van der Waals surface area contributed by atoms with E-state index in [0.717, 1.165) is 54.1 Å². The average Bonchev–Trinajstić information content (AvgIpc) is 3.17. The minimum Gasteiger partial charge on any atom is -0.464 e. The largest absolute Gasteiger partial charge is 0.464 e. The Bertz CT molecular complexity index is 1030. The normalized spacial score (nSPS) is 16.0. The van der Waals surface area contributed by atoms with E-state index in [1.165, 1.54) is 23.3 Å². The van der Waals surface area contributed by atoms with Gasteiger partial charge in [-0.2, -0.15) is 4.98 Å². The molecule has 0 radical (unpaired) electrons. The first-order valence-corrected chi connectivity index (χ1v) is 9.99. The van der Waals surface area contributed by atoms with Crippen molar-refractivity contribution in [1.29, 1.82) is 0 Å². The summed E-state index contributed by atoms with van der Waals surface area (Å²) in [7, 11) is 0. The molecule has 3 aromatic heterocycles. The average molecular weight is 380 g/mol. The zero-order valence-electron chi connectivity index (χ0n) is 14.9. The summed E-state index contributed by atoms with van der Waals surface area (Å²) in [5.41, 5.74) is 2.78. The lowest BCUT2D eigenvalue weighted by Gasteiger charge is -2.18. The van der Waals surface area contributed by atoms with Gasteiger partial charge in [-0.3, -0.25) is 4.90 Å². The molecule has 0 unspecified atom stereocenters. The highest BCUT2D eigenvalue weighted by Gasteiger charge is 2.14. The molecule has 27 heavy (non-hydrogen) atoms.